The van der Waals surface area contributed by atoms with E-state index in [0.717, 1.165) is 22.3 Å². The van der Waals surface area contributed by atoms with Crippen LogP contribution in [0.1, 0.15) is 28.4 Å². The number of benzene rings is 1. The van der Waals surface area contributed by atoms with Gasteiger partial charge in [-0.25, -0.2) is 4.79 Å². The van der Waals surface area contributed by atoms with Crippen molar-refractivity contribution >= 4 is 22.9 Å². The van der Waals surface area contributed by atoms with E-state index in [1.165, 1.54) is 0 Å². The molecule has 3 rings (SSSR count). The number of fused-ring (bicyclic) bond motifs is 1. The van der Waals surface area contributed by atoms with Crippen molar-refractivity contribution in [2.45, 2.75) is 19.8 Å². The first-order chi connectivity index (χ1) is 8.58. The Hall–Kier alpha value is -2.10. The predicted octanol–water partition coefficient (Wildman–Crippen LogP) is 2.27. The molecule has 0 N–H and O–H groups in total. The molecule has 0 atom stereocenters. The molecule has 2 aromatic heterocycles. The molecule has 4 heteroatoms. The summed E-state index contributed by atoms with van der Waals surface area (Å²) in [6, 6.07) is 1.78. The zero-order valence-electron chi connectivity index (χ0n) is 10.0. The molecular formula is C14H12O4. The summed E-state index contributed by atoms with van der Waals surface area (Å²) >= 11 is 0. The smallest absolute Gasteiger partial charge is 0.333 e. The molecule has 18 heavy (non-hydrogen) atoms. The Morgan fingerprint density at radius 1 is 1.56 bits per heavy atom. The fourth-order valence-corrected chi connectivity index (χ4v) is 2.34. The summed E-state index contributed by atoms with van der Waals surface area (Å²) in [7, 11) is 0. The quantitative estimate of drug-likeness (QED) is 0.611. The zero-order valence-corrected chi connectivity index (χ0v) is 10.0. The van der Waals surface area contributed by atoms with Crippen molar-refractivity contribution in [1.29, 1.82) is 0 Å². The second kappa shape index (κ2) is 3.70. The first-order valence-electron chi connectivity index (χ1n) is 5.80. The van der Waals surface area contributed by atoms with Gasteiger partial charge in [-0.1, -0.05) is 6.58 Å². The number of Topliss-reactive ketones (excluding diaryl/α,β-unsaturated/α-hetero) is 1. The lowest BCUT2D eigenvalue weighted by Crippen LogP contribution is -2.08. The van der Waals surface area contributed by atoms with Gasteiger partial charge in [0.25, 0.3) is 0 Å². The van der Waals surface area contributed by atoms with Crippen LogP contribution in [0.3, 0.4) is 0 Å². The molecule has 0 aromatic carbocycles. The van der Waals surface area contributed by atoms with Gasteiger partial charge >= 0.3 is 5.97 Å². The van der Waals surface area contributed by atoms with Gasteiger partial charge in [0.1, 0.15) is 11.2 Å². The third-order valence-corrected chi connectivity index (χ3v) is 3.24. The highest BCUT2D eigenvalue weighted by molar-refractivity contribution is 6.12. The second-order valence-electron chi connectivity index (χ2n) is 4.58. The maximum atomic E-state index is 11.6. The maximum absolute atomic E-state index is 11.6. The average molecular weight is 244 g/mol. The van der Waals surface area contributed by atoms with Crippen LogP contribution >= 0.6 is 0 Å². The lowest BCUT2D eigenvalue weighted by atomic mass is 10.1. The third kappa shape index (κ3) is 1.45. The van der Waals surface area contributed by atoms with Crippen LogP contribution in [0.5, 0.6) is 0 Å². The van der Waals surface area contributed by atoms with Crippen LogP contribution in [0.25, 0.3) is 11.2 Å². The fourth-order valence-electron chi connectivity index (χ4n) is 2.34. The van der Waals surface area contributed by atoms with Gasteiger partial charge in [-0.05, 0) is 13.0 Å². The largest absolute Gasteiger partial charge is 0.462 e. The second-order valence-corrected chi connectivity index (χ2v) is 4.58. The molecule has 0 fully saturated rings. The summed E-state index contributed by atoms with van der Waals surface area (Å²) < 4.78 is 10.6. The Labute approximate surface area is 104 Å². The minimum atomic E-state index is -0.388. The van der Waals surface area contributed by atoms with Gasteiger partial charge in [0, 0.05) is 29.5 Å². The first-order valence-corrected chi connectivity index (χ1v) is 5.80. The van der Waals surface area contributed by atoms with Crippen LogP contribution in [0.4, 0.5) is 0 Å². The van der Waals surface area contributed by atoms with E-state index >= 15 is 0 Å². The molecule has 0 saturated carbocycles. The van der Waals surface area contributed by atoms with Gasteiger partial charge in [-0.3, -0.25) is 4.79 Å². The van der Waals surface area contributed by atoms with Gasteiger partial charge in [0.2, 0.25) is 0 Å². The third-order valence-electron chi connectivity index (χ3n) is 3.24. The van der Waals surface area contributed by atoms with Crippen LogP contribution < -0.4 is 0 Å². The van der Waals surface area contributed by atoms with Gasteiger partial charge < -0.3 is 9.15 Å². The average Bonchev–Trinajstić information content (AvgIpc) is 2.92. The summed E-state index contributed by atoms with van der Waals surface area (Å²) in [5, 5.41) is 0. The molecule has 2 bridgehead atoms. The van der Waals surface area contributed by atoms with Crippen LogP contribution in [0.2, 0.25) is 0 Å². The standard InChI is InChI=1S/C14H12O4/c1-7(2)14(16)17-4-3-8-9-5-11(15)10-6-12(8)18-13(9)10/h6H,1,3-5H2,2H3. The number of rotatable bonds is 4. The summed E-state index contributed by atoms with van der Waals surface area (Å²) in [4.78, 5) is 22.8. The number of hydrogen-bond acceptors (Lipinski definition) is 4. The number of carbonyl (C=O) groups is 2. The van der Waals surface area contributed by atoms with E-state index in [0.29, 0.717) is 24.0 Å². The number of ketones is 1. The maximum Gasteiger partial charge on any atom is 0.333 e. The topological polar surface area (TPSA) is 56.5 Å². The highest BCUT2D eigenvalue weighted by atomic mass is 16.5. The Kier molecular flexibility index (Phi) is 2.26. The van der Waals surface area contributed by atoms with Crippen molar-refractivity contribution in [3.8, 4) is 0 Å². The van der Waals surface area contributed by atoms with Crippen LogP contribution in [0.15, 0.2) is 22.6 Å². The Morgan fingerprint density at radius 2 is 2.33 bits per heavy atom. The van der Waals surface area contributed by atoms with Gasteiger partial charge in [-0.15, -0.1) is 0 Å². The van der Waals surface area contributed by atoms with E-state index in [4.69, 9.17) is 9.15 Å². The molecule has 0 unspecified atom stereocenters. The van der Waals surface area contributed by atoms with Crippen molar-refractivity contribution in [3.05, 3.63) is 34.9 Å². The minimum absolute atomic E-state index is 0.115. The lowest BCUT2D eigenvalue weighted by Gasteiger charge is -2.04. The minimum Gasteiger partial charge on any atom is -0.462 e. The van der Waals surface area contributed by atoms with Crippen LogP contribution in [0, 0.1) is 0 Å². The van der Waals surface area contributed by atoms with E-state index in [9.17, 15) is 9.59 Å². The highest BCUT2D eigenvalue weighted by Gasteiger charge is 2.31. The van der Waals surface area contributed by atoms with E-state index in [1.54, 1.807) is 13.0 Å². The molecule has 0 radical (unpaired) electrons. The van der Waals surface area contributed by atoms with E-state index in [-0.39, 0.29) is 18.4 Å². The number of hydrogen-bond donors (Lipinski definition) is 0. The fraction of sp³-hybridized carbons (Fsp3) is 0.286. The summed E-state index contributed by atoms with van der Waals surface area (Å²) in [6.07, 6.45) is 0.985. The van der Waals surface area contributed by atoms with Crippen molar-refractivity contribution in [2.24, 2.45) is 0 Å². The van der Waals surface area contributed by atoms with Crippen molar-refractivity contribution < 1.29 is 18.7 Å². The molecule has 92 valence electrons. The Morgan fingerprint density at radius 3 is 3.06 bits per heavy atom. The molecule has 1 aliphatic rings. The molecule has 0 saturated heterocycles. The van der Waals surface area contributed by atoms with Crippen molar-refractivity contribution in [3.63, 3.8) is 0 Å². The van der Waals surface area contributed by atoms with Crippen LogP contribution in [-0.2, 0) is 22.4 Å². The number of furan rings is 2. The molecule has 0 amide bonds. The molecule has 4 nitrogen and oxygen atoms in total. The monoisotopic (exact) mass is 244 g/mol. The highest BCUT2D eigenvalue weighted by Crippen LogP contribution is 2.38. The van der Waals surface area contributed by atoms with E-state index in [2.05, 4.69) is 6.58 Å². The zero-order chi connectivity index (χ0) is 12.9. The van der Waals surface area contributed by atoms with Gasteiger partial charge in [0.15, 0.2) is 5.78 Å². The number of ether oxygens (including phenoxy) is 1. The van der Waals surface area contributed by atoms with E-state index in [1.807, 2.05) is 0 Å². The SMILES string of the molecule is C=C(C)C(=O)OCCc1c2c3oc1cc3C(=O)C2. The molecular weight excluding hydrogens is 232 g/mol. The molecule has 0 spiro atoms. The predicted molar refractivity (Wildman–Crippen MR) is 64.9 cm³/mol. The van der Waals surface area contributed by atoms with E-state index < -0.39 is 0 Å². The summed E-state index contributed by atoms with van der Waals surface area (Å²) in [5.41, 5.74) is 4.51. The summed E-state index contributed by atoms with van der Waals surface area (Å²) in [5.74, 6) is -0.273. The molecule has 2 heterocycles. The Balaban J connectivity index is 1.73. The lowest BCUT2D eigenvalue weighted by molar-refractivity contribution is -0.138. The van der Waals surface area contributed by atoms with Gasteiger partial charge in [0.05, 0.1) is 12.2 Å². The van der Waals surface area contributed by atoms with Gasteiger partial charge in [-0.2, -0.15) is 0 Å². The number of esters is 1. The van der Waals surface area contributed by atoms with Crippen LogP contribution in [-0.4, -0.2) is 18.4 Å². The number of carbonyl (C=O) groups excluding carboxylic acids is 2. The molecule has 1 aliphatic carbocycles. The summed E-state index contributed by atoms with van der Waals surface area (Å²) in [6.45, 7) is 5.41. The van der Waals surface area contributed by atoms with Crippen molar-refractivity contribution in [2.75, 3.05) is 6.61 Å². The van der Waals surface area contributed by atoms with Crippen molar-refractivity contribution in [1.82, 2.24) is 0 Å². The normalized spacial score (nSPS) is 13.5. The molecule has 2 aromatic rings. The Bertz CT molecular complexity index is 662. The molecule has 0 aliphatic heterocycles. The first kappa shape index (κ1) is 11.0.